The molecule has 0 aliphatic rings. The van der Waals surface area contributed by atoms with Gasteiger partial charge >= 0.3 is 0 Å². The van der Waals surface area contributed by atoms with Crippen LogP contribution in [0.1, 0.15) is 20.8 Å². The molecule has 0 unspecified atom stereocenters. The van der Waals surface area contributed by atoms with Gasteiger partial charge in [-0.2, -0.15) is 0 Å². The normalized spacial score (nSPS) is 11.8. The standard InChI is InChI=1S/C13H14ClNO/c1-13(2,3)16-12-6-7-15-11-8-9(14)4-5-10(11)12/h4-8H,1-3H3. The summed E-state index contributed by atoms with van der Waals surface area (Å²) in [6, 6.07) is 7.50. The van der Waals surface area contributed by atoms with Gasteiger partial charge in [0.05, 0.1) is 5.52 Å². The highest BCUT2D eigenvalue weighted by Crippen LogP contribution is 2.28. The Balaban J connectivity index is 2.54. The Morgan fingerprint density at radius 3 is 2.62 bits per heavy atom. The van der Waals surface area contributed by atoms with Crippen LogP contribution in [-0.2, 0) is 0 Å². The highest BCUT2D eigenvalue weighted by Gasteiger charge is 2.13. The summed E-state index contributed by atoms with van der Waals surface area (Å²) < 4.78 is 5.87. The second kappa shape index (κ2) is 3.95. The molecule has 16 heavy (non-hydrogen) atoms. The lowest BCUT2D eigenvalue weighted by atomic mass is 10.1. The second-order valence-corrected chi connectivity index (χ2v) is 5.12. The van der Waals surface area contributed by atoms with Crippen molar-refractivity contribution in [2.45, 2.75) is 26.4 Å². The van der Waals surface area contributed by atoms with E-state index >= 15 is 0 Å². The molecule has 0 N–H and O–H groups in total. The van der Waals surface area contributed by atoms with E-state index in [0.717, 1.165) is 16.7 Å². The van der Waals surface area contributed by atoms with Crippen molar-refractivity contribution in [3.8, 4) is 5.75 Å². The first-order valence-electron chi connectivity index (χ1n) is 5.19. The molecule has 0 atom stereocenters. The van der Waals surface area contributed by atoms with Crippen molar-refractivity contribution < 1.29 is 4.74 Å². The Bertz CT molecular complexity index is 517. The molecule has 2 rings (SSSR count). The SMILES string of the molecule is CC(C)(C)Oc1ccnc2cc(Cl)ccc12. The highest BCUT2D eigenvalue weighted by atomic mass is 35.5. The summed E-state index contributed by atoms with van der Waals surface area (Å²) in [6.45, 7) is 6.07. The molecule has 0 amide bonds. The third kappa shape index (κ3) is 2.45. The summed E-state index contributed by atoms with van der Waals surface area (Å²) in [5.41, 5.74) is 0.641. The van der Waals surface area contributed by atoms with Crippen LogP contribution in [0.2, 0.25) is 5.02 Å². The summed E-state index contributed by atoms with van der Waals surface area (Å²) in [5, 5.41) is 1.68. The van der Waals surface area contributed by atoms with E-state index in [4.69, 9.17) is 16.3 Å². The molecule has 0 aliphatic carbocycles. The zero-order chi connectivity index (χ0) is 11.8. The van der Waals surface area contributed by atoms with Crippen LogP contribution >= 0.6 is 11.6 Å². The number of pyridine rings is 1. The number of rotatable bonds is 1. The number of aromatic nitrogens is 1. The van der Waals surface area contributed by atoms with Crippen molar-refractivity contribution in [2.24, 2.45) is 0 Å². The summed E-state index contributed by atoms with van der Waals surface area (Å²) in [5.74, 6) is 0.842. The van der Waals surface area contributed by atoms with Gasteiger partial charge in [-0.15, -0.1) is 0 Å². The molecule has 0 radical (unpaired) electrons. The average molecular weight is 236 g/mol. The van der Waals surface area contributed by atoms with Crippen LogP contribution in [0.5, 0.6) is 5.75 Å². The second-order valence-electron chi connectivity index (χ2n) is 4.68. The maximum Gasteiger partial charge on any atom is 0.131 e. The van der Waals surface area contributed by atoms with E-state index in [2.05, 4.69) is 4.98 Å². The minimum Gasteiger partial charge on any atom is -0.487 e. The molecule has 0 saturated heterocycles. The first-order chi connectivity index (χ1) is 7.46. The van der Waals surface area contributed by atoms with Gasteiger partial charge in [0.15, 0.2) is 0 Å². The Morgan fingerprint density at radius 2 is 1.94 bits per heavy atom. The molecule has 0 saturated carbocycles. The zero-order valence-electron chi connectivity index (χ0n) is 9.62. The van der Waals surface area contributed by atoms with E-state index in [-0.39, 0.29) is 5.60 Å². The monoisotopic (exact) mass is 235 g/mol. The minimum atomic E-state index is -0.214. The zero-order valence-corrected chi connectivity index (χ0v) is 10.4. The molecule has 1 aromatic carbocycles. The predicted molar refractivity (Wildman–Crippen MR) is 67.1 cm³/mol. The quantitative estimate of drug-likeness (QED) is 0.744. The largest absolute Gasteiger partial charge is 0.487 e. The minimum absolute atomic E-state index is 0.214. The first-order valence-corrected chi connectivity index (χ1v) is 5.57. The van der Waals surface area contributed by atoms with Gasteiger partial charge in [0.25, 0.3) is 0 Å². The summed E-state index contributed by atoms with van der Waals surface area (Å²) in [6.07, 6.45) is 1.74. The van der Waals surface area contributed by atoms with Crippen molar-refractivity contribution in [1.82, 2.24) is 4.98 Å². The van der Waals surface area contributed by atoms with Crippen molar-refractivity contribution >= 4 is 22.5 Å². The molecule has 84 valence electrons. The third-order valence-corrected chi connectivity index (χ3v) is 2.32. The fourth-order valence-corrected chi connectivity index (χ4v) is 1.68. The molecule has 1 aromatic heterocycles. The molecule has 1 heterocycles. The Labute approximate surface area is 100 Å². The van der Waals surface area contributed by atoms with E-state index in [1.165, 1.54) is 0 Å². The Hall–Kier alpha value is -1.28. The number of nitrogens with zero attached hydrogens (tertiary/aromatic N) is 1. The smallest absolute Gasteiger partial charge is 0.131 e. The Kier molecular flexibility index (Phi) is 2.76. The fraction of sp³-hybridized carbons (Fsp3) is 0.308. The molecule has 2 nitrogen and oxygen atoms in total. The molecule has 0 aliphatic heterocycles. The van der Waals surface area contributed by atoms with E-state index in [9.17, 15) is 0 Å². The van der Waals surface area contributed by atoms with Crippen molar-refractivity contribution in [3.05, 3.63) is 35.5 Å². The van der Waals surface area contributed by atoms with Crippen LogP contribution in [0, 0.1) is 0 Å². The molecule has 2 aromatic rings. The number of hydrogen-bond donors (Lipinski definition) is 0. The van der Waals surface area contributed by atoms with Crippen molar-refractivity contribution in [1.29, 1.82) is 0 Å². The number of hydrogen-bond acceptors (Lipinski definition) is 2. The lowest BCUT2D eigenvalue weighted by molar-refractivity contribution is 0.133. The van der Waals surface area contributed by atoms with Gasteiger partial charge in [-0.3, -0.25) is 4.98 Å². The van der Waals surface area contributed by atoms with Crippen LogP contribution < -0.4 is 4.74 Å². The van der Waals surface area contributed by atoms with Gasteiger partial charge in [0, 0.05) is 16.6 Å². The van der Waals surface area contributed by atoms with Gasteiger partial charge in [-0.05, 0) is 45.0 Å². The lowest BCUT2D eigenvalue weighted by Gasteiger charge is -2.22. The number of fused-ring (bicyclic) bond motifs is 1. The maximum absolute atomic E-state index is 5.92. The van der Waals surface area contributed by atoms with Gasteiger partial charge in [-0.1, -0.05) is 11.6 Å². The Morgan fingerprint density at radius 1 is 1.19 bits per heavy atom. The average Bonchev–Trinajstić information content (AvgIpc) is 2.15. The van der Waals surface area contributed by atoms with Gasteiger partial charge in [0.2, 0.25) is 0 Å². The summed E-state index contributed by atoms with van der Waals surface area (Å²) in [4.78, 5) is 4.27. The molecular formula is C13H14ClNO. The molecule has 0 bridgehead atoms. The highest BCUT2D eigenvalue weighted by molar-refractivity contribution is 6.31. The molecular weight excluding hydrogens is 222 g/mol. The van der Waals surface area contributed by atoms with Crippen molar-refractivity contribution in [2.75, 3.05) is 0 Å². The van der Waals surface area contributed by atoms with Gasteiger partial charge in [0.1, 0.15) is 11.4 Å². The van der Waals surface area contributed by atoms with Crippen LogP contribution in [0.15, 0.2) is 30.5 Å². The van der Waals surface area contributed by atoms with Gasteiger partial charge in [-0.25, -0.2) is 0 Å². The topological polar surface area (TPSA) is 22.1 Å². The molecule has 3 heteroatoms. The molecule has 0 spiro atoms. The number of halogens is 1. The van der Waals surface area contributed by atoms with E-state index in [1.54, 1.807) is 6.20 Å². The molecule has 0 fully saturated rings. The summed E-state index contributed by atoms with van der Waals surface area (Å²) >= 11 is 5.92. The van der Waals surface area contributed by atoms with Gasteiger partial charge < -0.3 is 4.74 Å². The number of benzene rings is 1. The maximum atomic E-state index is 5.92. The van der Waals surface area contributed by atoms with E-state index in [1.807, 2.05) is 45.0 Å². The first kappa shape index (κ1) is 11.2. The fourth-order valence-electron chi connectivity index (χ4n) is 1.51. The van der Waals surface area contributed by atoms with Crippen LogP contribution in [0.3, 0.4) is 0 Å². The van der Waals surface area contributed by atoms with E-state index in [0.29, 0.717) is 5.02 Å². The third-order valence-electron chi connectivity index (χ3n) is 2.08. The van der Waals surface area contributed by atoms with E-state index < -0.39 is 0 Å². The number of ether oxygens (including phenoxy) is 1. The van der Waals surface area contributed by atoms with Crippen LogP contribution in [-0.4, -0.2) is 10.6 Å². The van der Waals surface area contributed by atoms with Crippen molar-refractivity contribution in [3.63, 3.8) is 0 Å². The summed E-state index contributed by atoms with van der Waals surface area (Å²) in [7, 11) is 0. The van der Waals surface area contributed by atoms with Crippen LogP contribution in [0.4, 0.5) is 0 Å². The predicted octanol–water partition coefficient (Wildman–Crippen LogP) is 4.07. The lowest BCUT2D eigenvalue weighted by Crippen LogP contribution is -2.23. The van der Waals surface area contributed by atoms with Crippen LogP contribution in [0.25, 0.3) is 10.9 Å².